The summed E-state index contributed by atoms with van der Waals surface area (Å²) in [5.74, 6) is 0.107. The molecule has 17 heavy (non-hydrogen) atoms. The van der Waals surface area contributed by atoms with Crippen LogP contribution in [0.25, 0.3) is 0 Å². The van der Waals surface area contributed by atoms with Crippen molar-refractivity contribution in [1.82, 2.24) is 14.7 Å². The highest BCUT2D eigenvalue weighted by Gasteiger charge is 2.19. The van der Waals surface area contributed by atoms with Gasteiger partial charge in [0.1, 0.15) is 5.82 Å². The number of aromatic nitrogens is 2. The maximum atomic E-state index is 11.6. The molecule has 0 amide bonds. The van der Waals surface area contributed by atoms with E-state index in [2.05, 4.69) is 5.10 Å². The van der Waals surface area contributed by atoms with Crippen molar-refractivity contribution in [1.29, 1.82) is 0 Å². The Bertz CT molecular complexity index is 398. The van der Waals surface area contributed by atoms with E-state index in [-0.39, 0.29) is 0 Å². The van der Waals surface area contributed by atoms with Crippen LogP contribution in [0.15, 0.2) is 0 Å². The van der Waals surface area contributed by atoms with E-state index in [0.29, 0.717) is 30.2 Å². The molecular formula is C11H20N4O2. The lowest BCUT2D eigenvalue weighted by Crippen LogP contribution is -2.20. The summed E-state index contributed by atoms with van der Waals surface area (Å²) in [4.78, 5) is 13.6. The molecule has 0 aliphatic rings. The van der Waals surface area contributed by atoms with Crippen LogP contribution in [0.5, 0.6) is 0 Å². The van der Waals surface area contributed by atoms with E-state index in [0.717, 1.165) is 6.54 Å². The Morgan fingerprint density at radius 1 is 1.53 bits per heavy atom. The fourth-order valence-corrected chi connectivity index (χ4v) is 1.42. The first-order valence-electron chi connectivity index (χ1n) is 5.62. The van der Waals surface area contributed by atoms with Crippen molar-refractivity contribution in [2.45, 2.75) is 20.4 Å². The molecule has 6 heteroatoms. The quantitative estimate of drug-likeness (QED) is 0.759. The Morgan fingerprint density at radius 2 is 2.18 bits per heavy atom. The first-order valence-corrected chi connectivity index (χ1v) is 5.62. The zero-order valence-corrected chi connectivity index (χ0v) is 10.9. The molecular weight excluding hydrogens is 220 g/mol. The van der Waals surface area contributed by atoms with Crippen molar-refractivity contribution in [3.63, 3.8) is 0 Å². The maximum Gasteiger partial charge on any atom is 0.359 e. The summed E-state index contributed by atoms with van der Waals surface area (Å²) in [6.45, 7) is 5.34. The second-order valence-corrected chi connectivity index (χ2v) is 4.11. The van der Waals surface area contributed by atoms with Crippen molar-refractivity contribution in [2.24, 2.45) is 0 Å². The van der Waals surface area contributed by atoms with E-state index in [4.69, 9.17) is 10.5 Å². The molecule has 96 valence electrons. The van der Waals surface area contributed by atoms with Gasteiger partial charge in [-0.2, -0.15) is 5.10 Å². The highest BCUT2D eigenvalue weighted by atomic mass is 16.5. The highest BCUT2D eigenvalue weighted by molar-refractivity contribution is 5.90. The Morgan fingerprint density at radius 3 is 2.71 bits per heavy atom. The first kappa shape index (κ1) is 13.5. The molecule has 1 aromatic rings. The Hall–Kier alpha value is -1.56. The zero-order chi connectivity index (χ0) is 13.0. The molecule has 6 nitrogen and oxygen atoms in total. The van der Waals surface area contributed by atoms with E-state index in [1.807, 2.05) is 19.0 Å². The lowest BCUT2D eigenvalue weighted by Gasteiger charge is -2.10. The Balaban J connectivity index is 2.87. The molecule has 1 aromatic heterocycles. The Labute approximate surface area is 101 Å². The highest BCUT2D eigenvalue weighted by Crippen LogP contribution is 2.16. The van der Waals surface area contributed by atoms with E-state index in [1.165, 1.54) is 0 Å². The van der Waals surface area contributed by atoms with Gasteiger partial charge in [0, 0.05) is 12.1 Å². The first-order chi connectivity index (χ1) is 7.97. The molecule has 0 radical (unpaired) electrons. The van der Waals surface area contributed by atoms with E-state index >= 15 is 0 Å². The Kier molecular flexibility index (Phi) is 4.51. The van der Waals surface area contributed by atoms with Gasteiger partial charge in [-0.25, -0.2) is 9.48 Å². The summed E-state index contributed by atoms with van der Waals surface area (Å²) in [7, 11) is 3.94. The number of ether oxygens (including phenoxy) is 1. The smallest absolute Gasteiger partial charge is 0.359 e. The minimum Gasteiger partial charge on any atom is -0.461 e. The van der Waals surface area contributed by atoms with Crippen molar-refractivity contribution >= 4 is 11.8 Å². The third kappa shape index (κ3) is 3.20. The summed E-state index contributed by atoms with van der Waals surface area (Å²) in [6.07, 6.45) is 0. The van der Waals surface area contributed by atoms with Crippen LogP contribution in [-0.2, 0) is 11.3 Å². The minimum absolute atomic E-state index is 0.308. The predicted octanol–water partition coefficient (Wildman–Crippen LogP) is 0.512. The van der Waals surface area contributed by atoms with Gasteiger partial charge >= 0.3 is 5.97 Å². The van der Waals surface area contributed by atoms with Crippen molar-refractivity contribution < 1.29 is 9.53 Å². The van der Waals surface area contributed by atoms with Gasteiger partial charge in [-0.3, -0.25) is 0 Å². The molecule has 0 aliphatic heterocycles. The third-order valence-electron chi connectivity index (χ3n) is 2.47. The number of likely N-dealkylation sites (N-methyl/N-ethyl adjacent to an activating group) is 1. The largest absolute Gasteiger partial charge is 0.461 e. The van der Waals surface area contributed by atoms with Gasteiger partial charge in [0.2, 0.25) is 0 Å². The van der Waals surface area contributed by atoms with E-state index in [1.54, 1.807) is 18.5 Å². The lowest BCUT2D eigenvalue weighted by atomic mass is 10.2. The van der Waals surface area contributed by atoms with Crippen molar-refractivity contribution in [3.05, 3.63) is 11.3 Å². The number of anilines is 1. The molecule has 0 aliphatic carbocycles. The average molecular weight is 240 g/mol. The van der Waals surface area contributed by atoms with Crippen LogP contribution in [0.1, 0.15) is 23.0 Å². The number of rotatable bonds is 5. The number of esters is 1. The molecule has 2 N–H and O–H groups in total. The molecule has 0 spiro atoms. The number of nitrogens with zero attached hydrogens (tertiary/aromatic N) is 3. The second-order valence-electron chi connectivity index (χ2n) is 4.11. The predicted molar refractivity (Wildman–Crippen MR) is 65.9 cm³/mol. The SMILES string of the molecule is CCOC(=O)c1nn(CCN(C)C)c(N)c1C. The molecule has 0 unspecified atom stereocenters. The van der Waals surface area contributed by atoms with Gasteiger partial charge in [0.15, 0.2) is 5.69 Å². The van der Waals surface area contributed by atoms with Gasteiger partial charge in [0.05, 0.1) is 13.2 Å². The molecule has 1 rings (SSSR count). The minimum atomic E-state index is -0.416. The second kappa shape index (κ2) is 5.67. The van der Waals surface area contributed by atoms with Crippen LogP contribution in [0.2, 0.25) is 0 Å². The van der Waals surface area contributed by atoms with Crippen LogP contribution in [0.4, 0.5) is 5.82 Å². The maximum absolute atomic E-state index is 11.6. The van der Waals surface area contributed by atoms with E-state index < -0.39 is 5.97 Å². The monoisotopic (exact) mass is 240 g/mol. The van der Waals surface area contributed by atoms with Crippen molar-refractivity contribution in [3.8, 4) is 0 Å². The summed E-state index contributed by atoms with van der Waals surface area (Å²) in [5.41, 5.74) is 6.89. The van der Waals surface area contributed by atoms with Crippen LogP contribution in [-0.4, -0.2) is 47.9 Å². The van der Waals surface area contributed by atoms with Gasteiger partial charge < -0.3 is 15.4 Å². The number of hydrogen-bond acceptors (Lipinski definition) is 5. The van der Waals surface area contributed by atoms with E-state index in [9.17, 15) is 4.79 Å². The molecule has 1 heterocycles. The number of carbonyl (C=O) groups is 1. The lowest BCUT2D eigenvalue weighted by molar-refractivity contribution is 0.0517. The fourth-order valence-electron chi connectivity index (χ4n) is 1.42. The molecule has 0 saturated carbocycles. The number of carbonyl (C=O) groups excluding carboxylic acids is 1. The summed E-state index contributed by atoms with van der Waals surface area (Å²) < 4.78 is 6.56. The number of nitrogen functional groups attached to an aromatic ring is 1. The van der Waals surface area contributed by atoms with Gasteiger partial charge in [0.25, 0.3) is 0 Å². The van der Waals surface area contributed by atoms with Crippen LogP contribution >= 0.6 is 0 Å². The number of nitrogens with two attached hydrogens (primary N) is 1. The molecule has 0 fully saturated rings. The molecule has 0 aromatic carbocycles. The third-order valence-corrected chi connectivity index (χ3v) is 2.47. The topological polar surface area (TPSA) is 73.4 Å². The van der Waals surface area contributed by atoms with Gasteiger partial charge in [-0.15, -0.1) is 0 Å². The standard InChI is InChI=1S/C11H20N4O2/c1-5-17-11(16)9-8(2)10(12)15(13-9)7-6-14(3)4/h5-7,12H2,1-4H3. The molecule has 0 atom stereocenters. The van der Waals surface area contributed by atoms with Gasteiger partial charge in [-0.1, -0.05) is 0 Å². The summed E-state index contributed by atoms with van der Waals surface area (Å²) >= 11 is 0. The zero-order valence-electron chi connectivity index (χ0n) is 10.9. The van der Waals surface area contributed by atoms with Crippen LogP contribution in [0, 0.1) is 6.92 Å². The summed E-state index contributed by atoms with van der Waals surface area (Å²) in [5, 5.41) is 4.19. The van der Waals surface area contributed by atoms with Crippen LogP contribution < -0.4 is 5.73 Å². The average Bonchev–Trinajstić information content (AvgIpc) is 2.54. The normalized spacial score (nSPS) is 10.9. The molecule has 0 saturated heterocycles. The van der Waals surface area contributed by atoms with Crippen LogP contribution in [0.3, 0.4) is 0 Å². The van der Waals surface area contributed by atoms with Crippen molar-refractivity contribution in [2.75, 3.05) is 33.0 Å². The molecule has 0 bridgehead atoms. The van der Waals surface area contributed by atoms with Gasteiger partial charge in [-0.05, 0) is 27.9 Å². The summed E-state index contributed by atoms with van der Waals surface area (Å²) in [6, 6.07) is 0. The number of hydrogen-bond donors (Lipinski definition) is 1. The fraction of sp³-hybridized carbons (Fsp3) is 0.636.